The highest BCUT2D eigenvalue weighted by Gasteiger charge is 2.12. The fraction of sp³-hybridized carbons (Fsp3) is 0.200. The lowest BCUT2D eigenvalue weighted by molar-refractivity contribution is -0.119. The molecule has 7 nitrogen and oxygen atoms in total. The van der Waals surface area contributed by atoms with Crippen molar-refractivity contribution in [1.82, 2.24) is 15.8 Å². The highest BCUT2D eigenvalue weighted by Crippen LogP contribution is 2.00. The predicted molar refractivity (Wildman–Crippen MR) is 56.9 cm³/mol. The smallest absolute Gasteiger partial charge is 0.356 e. The van der Waals surface area contributed by atoms with E-state index in [1.54, 1.807) is 0 Å². The molecule has 90 valence electrons. The minimum Gasteiger partial charge on any atom is -0.464 e. The van der Waals surface area contributed by atoms with E-state index in [0.29, 0.717) is 0 Å². The van der Waals surface area contributed by atoms with Crippen LogP contribution in [0.25, 0.3) is 0 Å². The Bertz CT molecular complexity index is 459. The van der Waals surface area contributed by atoms with Crippen molar-refractivity contribution in [3.8, 4) is 0 Å². The highest BCUT2D eigenvalue weighted by atomic mass is 16.5. The van der Waals surface area contributed by atoms with Gasteiger partial charge >= 0.3 is 5.97 Å². The van der Waals surface area contributed by atoms with Crippen molar-refractivity contribution in [2.45, 2.75) is 6.92 Å². The number of hydrogen-bond donors (Lipinski definition) is 2. The van der Waals surface area contributed by atoms with E-state index in [9.17, 15) is 14.4 Å². The fourth-order valence-electron chi connectivity index (χ4n) is 0.988. The summed E-state index contributed by atoms with van der Waals surface area (Å²) >= 11 is 0. The minimum atomic E-state index is -0.640. The first kappa shape index (κ1) is 12.6. The molecule has 1 aromatic rings. The van der Waals surface area contributed by atoms with Crippen molar-refractivity contribution < 1.29 is 19.1 Å². The first-order valence-corrected chi connectivity index (χ1v) is 4.67. The molecule has 0 fully saturated rings. The summed E-state index contributed by atoms with van der Waals surface area (Å²) < 4.78 is 4.47. The molecule has 1 aromatic heterocycles. The topological polar surface area (TPSA) is 97.4 Å². The molecule has 1 heterocycles. The molecule has 0 radical (unpaired) electrons. The van der Waals surface area contributed by atoms with Crippen LogP contribution in [-0.2, 0) is 9.53 Å². The molecule has 0 aliphatic rings. The van der Waals surface area contributed by atoms with Crippen LogP contribution in [0.1, 0.15) is 27.9 Å². The number of aromatic nitrogens is 1. The molecule has 0 unspecified atom stereocenters. The fourth-order valence-corrected chi connectivity index (χ4v) is 0.988. The van der Waals surface area contributed by atoms with Gasteiger partial charge < -0.3 is 4.74 Å². The van der Waals surface area contributed by atoms with Crippen molar-refractivity contribution in [3.63, 3.8) is 0 Å². The van der Waals surface area contributed by atoms with E-state index < -0.39 is 17.8 Å². The zero-order chi connectivity index (χ0) is 12.8. The van der Waals surface area contributed by atoms with Crippen molar-refractivity contribution in [1.29, 1.82) is 0 Å². The van der Waals surface area contributed by atoms with Gasteiger partial charge in [0.1, 0.15) is 11.4 Å². The van der Waals surface area contributed by atoms with Crippen LogP contribution in [0.5, 0.6) is 0 Å². The van der Waals surface area contributed by atoms with Crippen LogP contribution < -0.4 is 10.9 Å². The monoisotopic (exact) mass is 237 g/mol. The van der Waals surface area contributed by atoms with Crippen LogP contribution in [0, 0.1) is 0 Å². The van der Waals surface area contributed by atoms with Gasteiger partial charge in [0.25, 0.3) is 5.91 Å². The summed E-state index contributed by atoms with van der Waals surface area (Å²) in [5.74, 6) is -1.67. The Morgan fingerprint density at radius 2 is 1.82 bits per heavy atom. The van der Waals surface area contributed by atoms with Crippen LogP contribution in [0.2, 0.25) is 0 Å². The molecule has 0 spiro atoms. The molecule has 0 atom stereocenters. The second-order valence-electron chi connectivity index (χ2n) is 3.03. The third-order valence-electron chi connectivity index (χ3n) is 1.73. The van der Waals surface area contributed by atoms with Gasteiger partial charge in [-0.25, -0.2) is 9.78 Å². The second-order valence-corrected chi connectivity index (χ2v) is 3.03. The third-order valence-corrected chi connectivity index (χ3v) is 1.73. The Labute approximate surface area is 97.1 Å². The first-order valence-electron chi connectivity index (χ1n) is 4.67. The van der Waals surface area contributed by atoms with Crippen LogP contribution in [0.15, 0.2) is 18.2 Å². The summed E-state index contributed by atoms with van der Waals surface area (Å²) in [5.41, 5.74) is 4.26. The predicted octanol–water partition coefficient (Wildman–Crippen LogP) is -0.351. The van der Waals surface area contributed by atoms with Gasteiger partial charge in [-0.05, 0) is 12.1 Å². The molecule has 0 bridgehead atoms. The zero-order valence-corrected chi connectivity index (χ0v) is 9.31. The van der Waals surface area contributed by atoms with E-state index in [2.05, 4.69) is 20.6 Å². The number of nitrogens with zero attached hydrogens (tertiary/aromatic N) is 1. The van der Waals surface area contributed by atoms with Crippen molar-refractivity contribution in [2.75, 3.05) is 7.11 Å². The normalized spacial score (nSPS) is 9.29. The highest BCUT2D eigenvalue weighted by molar-refractivity contribution is 5.95. The minimum absolute atomic E-state index is 0.00153. The van der Waals surface area contributed by atoms with E-state index in [0.717, 1.165) is 0 Å². The summed E-state index contributed by atoms with van der Waals surface area (Å²) in [7, 11) is 1.22. The molecule has 0 saturated carbocycles. The number of hydrazine groups is 1. The standard InChI is InChI=1S/C10H11N3O4/c1-6(14)12-13-9(15)7-4-3-5-8(11-7)10(16)17-2/h3-5H,1-2H3,(H,12,14)(H,13,15). The number of rotatable bonds is 2. The maximum Gasteiger partial charge on any atom is 0.356 e. The van der Waals surface area contributed by atoms with Crippen LogP contribution in [0.4, 0.5) is 0 Å². The summed E-state index contributed by atoms with van der Waals surface area (Å²) in [5, 5.41) is 0. The lowest BCUT2D eigenvalue weighted by Gasteiger charge is -2.05. The largest absolute Gasteiger partial charge is 0.464 e. The molecule has 17 heavy (non-hydrogen) atoms. The van der Waals surface area contributed by atoms with Crippen molar-refractivity contribution in [2.24, 2.45) is 0 Å². The lowest BCUT2D eigenvalue weighted by Crippen LogP contribution is -2.40. The van der Waals surface area contributed by atoms with Crippen molar-refractivity contribution in [3.05, 3.63) is 29.6 Å². The molecular weight excluding hydrogens is 226 g/mol. The molecule has 0 saturated heterocycles. The van der Waals surface area contributed by atoms with Crippen LogP contribution in [-0.4, -0.2) is 29.9 Å². The number of pyridine rings is 1. The Kier molecular flexibility index (Phi) is 4.15. The van der Waals surface area contributed by atoms with E-state index in [4.69, 9.17) is 0 Å². The number of methoxy groups -OCH3 is 1. The average molecular weight is 237 g/mol. The number of nitrogens with one attached hydrogen (secondary N) is 2. The number of carbonyl (C=O) groups excluding carboxylic acids is 3. The molecule has 7 heteroatoms. The number of esters is 1. The summed E-state index contributed by atoms with van der Waals surface area (Å²) in [6.45, 7) is 1.25. The Morgan fingerprint density at radius 1 is 1.18 bits per heavy atom. The van der Waals surface area contributed by atoms with Gasteiger partial charge in [0.15, 0.2) is 0 Å². The maximum absolute atomic E-state index is 11.5. The Morgan fingerprint density at radius 3 is 2.41 bits per heavy atom. The average Bonchev–Trinajstić information content (AvgIpc) is 2.35. The first-order chi connectivity index (χ1) is 8.04. The molecule has 0 aromatic carbocycles. The molecule has 0 aliphatic heterocycles. The molecule has 2 N–H and O–H groups in total. The van der Waals surface area contributed by atoms with E-state index >= 15 is 0 Å². The van der Waals surface area contributed by atoms with Gasteiger partial charge in [0, 0.05) is 6.92 Å². The Hall–Kier alpha value is -2.44. The molecule has 1 rings (SSSR count). The third kappa shape index (κ3) is 3.56. The summed E-state index contributed by atoms with van der Waals surface area (Å²) in [4.78, 5) is 37.0. The number of amides is 2. The second kappa shape index (κ2) is 5.59. The van der Waals surface area contributed by atoms with Gasteiger partial charge in [-0.3, -0.25) is 20.4 Å². The van der Waals surface area contributed by atoms with Gasteiger partial charge in [0.05, 0.1) is 7.11 Å². The Balaban J connectivity index is 2.80. The lowest BCUT2D eigenvalue weighted by atomic mass is 10.3. The van der Waals surface area contributed by atoms with Gasteiger partial charge in [-0.15, -0.1) is 0 Å². The molecule has 0 aliphatic carbocycles. The maximum atomic E-state index is 11.5. The molecular formula is C10H11N3O4. The van der Waals surface area contributed by atoms with Gasteiger partial charge in [-0.2, -0.15) is 0 Å². The van der Waals surface area contributed by atoms with Gasteiger partial charge in [0.2, 0.25) is 5.91 Å². The quantitative estimate of drug-likeness (QED) is 0.541. The van der Waals surface area contributed by atoms with E-state index in [1.165, 1.54) is 32.2 Å². The van der Waals surface area contributed by atoms with Crippen molar-refractivity contribution >= 4 is 17.8 Å². The summed E-state index contributed by atoms with van der Waals surface area (Å²) in [6.07, 6.45) is 0. The molecule has 2 amide bonds. The van der Waals surface area contributed by atoms with E-state index in [1.807, 2.05) is 0 Å². The van der Waals surface area contributed by atoms with E-state index in [-0.39, 0.29) is 11.4 Å². The van der Waals surface area contributed by atoms with Gasteiger partial charge in [-0.1, -0.05) is 6.07 Å². The number of hydrogen-bond acceptors (Lipinski definition) is 5. The summed E-state index contributed by atoms with van der Waals surface area (Å²) in [6, 6.07) is 4.31. The SMILES string of the molecule is COC(=O)c1cccc(C(=O)NNC(C)=O)n1. The van der Waals surface area contributed by atoms with Crippen LogP contribution in [0.3, 0.4) is 0 Å². The zero-order valence-electron chi connectivity index (χ0n) is 9.31. The van der Waals surface area contributed by atoms with Crippen LogP contribution >= 0.6 is 0 Å². The number of ether oxygens (including phenoxy) is 1. The number of carbonyl (C=O) groups is 3.